The molecule has 2 aromatic rings. The summed E-state index contributed by atoms with van der Waals surface area (Å²) in [5, 5.41) is 4.27. The maximum absolute atomic E-state index is 4.27. The number of hydrogen-bond acceptors (Lipinski definition) is 4. The van der Waals surface area contributed by atoms with Gasteiger partial charge in [-0.15, -0.1) is 11.3 Å². The SMILES string of the molecule is Cc1ccc(CN2CCC[C@H](n3cncn3)C2)s1. The highest BCUT2D eigenvalue weighted by Gasteiger charge is 2.21. The topological polar surface area (TPSA) is 34.0 Å². The highest BCUT2D eigenvalue weighted by Crippen LogP contribution is 2.24. The molecule has 18 heavy (non-hydrogen) atoms. The number of rotatable bonds is 3. The van der Waals surface area contributed by atoms with Crippen molar-refractivity contribution in [1.82, 2.24) is 19.7 Å². The zero-order valence-electron chi connectivity index (χ0n) is 10.6. The normalized spacial score (nSPS) is 21.3. The highest BCUT2D eigenvalue weighted by atomic mass is 32.1. The lowest BCUT2D eigenvalue weighted by molar-refractivity contribution is 0.164. The second-order valence-corrected chi connectivity index (χ2v) is 6.29. The molecule has 0 aromatic carbocycles. The molecule has 0 saturated carbocycles. The Bertz CT molecular complexity index is 491. The first-order chi connectivity index (χ1) is 8.81. The molecule has 0 radical (unpaired) electrons. The Balaban J connectivity index is 1.63. The van der Waals surface area contributed by atoms with E-state index in [1.807, 2.05) is 22.3 Å². The van der Waals surface area contributed by atoms with Crippen molar-refractivity contribution in [2.24, 2.45) is 0 Å². The van der Waals surface area contributed by atoms with E-state index in [0.29, 0.717) is 6.04 Å². The fourth-order valence-corrected chi connectivity index (χ4v) is 3.52. The average Bonchev–Trinajstić information content (AvgIpc) is 3.01. The summed E-state index contributed by atoms with van der Waals surface area (Å²) in [5.74, 6) is 0. The molecule has 1 fully saturated rings. The van der Waals surface area contributed by atoms with E-state index in [2.05, 4.69) is 34.0 Å². The lowest BCUT2D eigenvalue weighted by atomic mass is 10.1. The lowest BCUT2D eigenvalue weighted by Crippen LogP contribution is -2.36. The number of likely N-dealkylation sites (tertiary alicyclic amines) is 1. The molecule has 5 heteroatoms. The minimum Gasteiger partial charge on any atom is -0.296 e. The summed E-state index contributed by atoms with van der Waals surface area (Å²) in [6, 6.07) is 4.94. The summed E-state index contributed by atoms with van der Waals surface area (Å²) in [6.07, 6.45) is 5.92. The van der Waals surface area contributed by atoms with Crippen LogP contribution in [0.4, 0.5) is 0 Å². The average molecular weight is 262 g/mol. The van der Waals surface area contributed by atoms with Gasteiger partial charge in [-0.05, 0) is 38.4 Å². The van der Waals surface area contributed by atoms with Gasteiger partial charge in [0.1, 0.15) is 12.7 Å². The van der Waals surface area contributed by atoms with E-state index in [1.54, 1.807) is 6.33 Å². The molecule has 0 unspecified atom stereocenters. The Kier molecular flexibility index (Phi) is 3.43. The number of aromatic nitrogens is 3. The summed E-state index contributed by atoms with van der Waals surface area (Å²) in [6.45, 7) is 5.52. The molecule has 1 atom stereocenters. The van der Waals surface area contributed by atoms with Crippen LogP contribution in [0.1, 0.15) is 28.6 Å². The smallest absolute Gasteiger partial charge is 0.137 e. The summed E-state index contributed by atoms with van der Waals surface area (Å²) < 4.78 is 2.01. The molecule has 1 aliphatic rings. The molecule has 1 aliphatic heterocycles. The summed E-state index contributed by atoms with van der Waals surface area (Å²) >= 11 is 1.90. The molecular formula is C13H18N4S. The minimum absolute atomic E-state index is 0.488. The summed E-state index contributed by atoms with van der Waals surface area (Å²) in [5.41, 5.74) is 0. The van der Waals surface area contributed by atoms with Gasteiger partial charge in [0.2, 0.25) is 0 Å². The summed E-state index contributed by atoms with van der Waals surface area (Å²) in [7, 11) is 0. The van der Waals surface area contributed by atoms with Crippen molar-refractivity contribution in [3.8, 4) is 0 Å². The van der Waals surface area contributed by atoms with Crippen LogP contribution in [0, 0.1) is 6.92 Å². The molecule has 3 heterocycles. The van der Waals surface area contributed by atoms with E-state index in [1.165, 1.54) is 29.1 Å². The van der Waals surface area contributed by atoms with E-state index in [9.17, 15) is 0 Å². The van der Waals surface area contributed by atoms with Crippen molar-refractivity contribution in [3.63, 3.8) is 0 Å². The second-order valence-electron chi connectivity index (χ2n) is 4.92. The standard InChI is InChI=1S/C13H18N4S/c1-11-4-5-13(18-11)8-16-6-2-3-12(7-16)17-10-14-9-15-17/h4-5,9-10,12H,2-3,6-8H2,1H3/t12-/m0/s1. The zero-order valence-corrected chi connectivity index (χ0v) is 11.4. The van der Waals surface area contributed by atoms with Crippen LogP contribution in [0.5, 0.6) is 0 Å². The van der Waals surface area contributed by atoms with Crippen molar-refractivity contribution in [1.29, 1.82) is 0 Å². The van der Waals surface area contributed by atoms with Gasteiger partial charge in [0.05, 0.1) is 6.04 Å². The van der Waals surface area contributed by atoms with Gasteiger partial charge in [-0.3, -0.25) is 4.90 Å². The predicted octanol–water partition coefficient (Wildman–Crippen LogP) is 2.49. The molecule has 96 valence electrons. The minimum atomic E-state index is 0.488. The van der Waals surface area contributed by atoms with Crippen LogP contribution in [0.25, 0.3) is 0 Å². The van der Waals surface area contributed by atoms with E-state index in [4.69, 9.17) is 0 Å². The number of thiophene rings is 1. The van der Waals surface area contributed by atoms with Gasteiger partial charge < -0.3 is 0 Å². The van der Waals surface area contributed by atoms with E-state index in [0.717, 1.165) is 13.1 Å². The molecular weight excluding hydrogens is 244 g/mol. The van der Waals surface area contributed by atoms with Gasteiger partial charge in [-0.25, -0.2) is 9.67 Å². The number of piperidine rings is 1. The predicted molar refractivity (Wildman–Crippen MR) is 72.6 cm³/mol. The Morgan fingerprint density at radius 3 is 3.11 bits per heavy atom. The Morgan fingerprint density at radius 1 is 1.44 bits per heavy atom. The third-order valence-corrected chi connectivity index (χ3v) is 4.45. The second kappa shape index (κ2) is 5.20. The van der Waals surface area contributed by atoms with E-state index in [-0.39, 0.29) is 0 Å². The van der Waals surface area contributed by atoms with Crippen molar-refractivity contribution in [2.45, 2.75) is 32.4 Å². The number of nitrogens with zero attached hydrogens (tertiary/aromatic N) is 4. The monoisotopic (exact) mass is 262 g/mol. The van der Waals surface area contributed by atoms with Gasteiger partial charge in [-0.2, -0.15) is 5.10 Å². The van der Waals surface area contributed by atoms with Crippen molar-refractivity contribution in [2.75, 3.05) is 13.1 Å². The molecule has 0 bridgehead atoms. The van der Waals surface area contributed by atoms with Gasteiger partial charge in [-0.1, -0.05) is 0 Å². The Hall–Kier alpha value is -1.20. The number of aryl methyl sites for hydroxylation is 1. The Morgan fingerprint density at radius 2 is 2.39 bits per heavy atom. The highest BCUT2D eigenvalue weighted by molar-refractivity contribution is 7.11. The molecule has 0 amide bonds. The van der Waals surface area contributed by atoms with Crippen LogP contribution in [0.15, 0.2) is 24.8 Å². The van der Waals surface area contributed by atoms with Crippen LogP contribution >= 0.6 is 11.3 Å². The molecule has 0 N–H and O–H groups in total. The largest absolute Gasteiger partial charge is 0.296 e. The third kappa shape index (κ3) is 2.62. The molecule has 0 spiro atoms. The quantitative estimate of drug-likeness (QED) is 0.852. The van der Waals surface area contributed by atoms with Crippen LogP contribution < -0.4 is 0 Å². The first-order valence-electron chi connectivity index (χ1n) is 6.43. The molecule has 3 rings (SSSR count). The van der Waals surface area contributed by atoms with Gasteiger partial charge in [0, 0.05) is 22.8 Å². The van der Waals surface area contributed by atoms with Gasteiger partial charge >= 0.3 is 0 Å². The maximum Gasteiger partial charge on any atom is 0.137 e. The molecule has 0 aliphatic carbocycles. The first kappa shape index (κ1) is 11.9. The lowest BCUT2D eigenvalue weighted by Gasteiger charge is -2.32. The fraction of sp³-hybridized carbons (Fsp3) is 0.538. The van der Waals surface area contributed by atoms with Crippen LogP contribution in [0.2, 0.25) is 0 Å². The molecule has 2 aromatic heterocycles. The van der Waals surface area contributed by atoms with Crippen LogP contribution in [-0.4, -0.2) is 32.8 Å². The van der Waals surface area contributed by atoms with Gasteiger partial charge in [0.15, 0.2) is 0 Å². The van der Waals surface area contributed by atoms with Crippen LogP contribution in [0.3, 0.4) is 0 Å². The van der Waals surface area contributed by atoms with Crippen molar-refractivity contribution < 1.29 is 0 Å². The van der Waals surface area contributed by atoms with Gasteiger partial charge in [0.25, 0.3) is 0 Å². The summed E-state index contributed by atoms with van der Waals surface area (Å²) in [4.78, 5) is 9.44. The van der Waals surface area contributed by atoms with E-state index >= 15 is 0 Å². The molecule has 1 saturated heterocycles. The third-order valence-electron chi connectivity index (χ3n) is 3.47. The maximum atomic E-state index is 4.27. The fourth-order valence-electron chi connectivity index (χ4n) is 2.59. The van der Waals surface area contributed by atoms with Crippen LogP contribution in [-0.2, 0) is 6.54 Å². The zero-order chi connectivity index (χ0) is 12.4. The van der Waals surface area contributed by atoms with E-state index < -0.39 is 0 Å². The first-order valence-corrected chi connectivity index (χ1v) is 7.25. The Labute approximate surface area is 111 Å². The van der Waals surface area contributed by atoms with Crippen molar-refractivity contribution in [3.05, 3.63) is 34.5 Å². The number of hydrogen-bond donors (Lipinski definition) is 0. The molecule has 4 nitrogen and oxygen atoms in total. The van der Waals surface area contributed by atoms with Crippen molar-refractivity contribution >= 4 is 11.3 Å².